The van der Waals surface area contributed by atoms with Gasteiger partial charge in [-0.05, 0) is 30.7 Å². The van der Waals surface area contributed by atoms with Gasteiger partial charge < -0.3 is 11.1 Å². The molecule has 0 fully saturated rings. The summed E-state index contributed by atoms with van der Waals surface area (Å²) in [5.74, 6) is 0.428. The van der Waals surface area contributed by atoms with E-state index in [-0.39, 0.29) is 11.6 Å². The Morgan fingerprint density at radius 3 is 2.64 bits per heavy atom. The van der Waals surface area contributed by atoms with Crippen LogP contribution in [0.25, 0.3) is 0 Å². The molecule has 3 aromatic rings. The predicted octanol–water partition coefficient (Wildman–Crippen LogP) is 2.26. The third-order valence-corrected chi connectivity index (χ3v) is 3.49. The number of hydrogen-bond donors (Lipinski definition) is 4. The topological polar surface area (TPSA) is 118 Å². The van der Waals surface area contributed by atoms with Crippen LogP contribution in [0.3, 0.4) is 0 Å². The van der Waals surface area contributed by atoms with Crippen molar-refractivity contribution >= 4 is 28.9 Å². The molecular weight excluding hydrogens is 318 g/mol. The van der Waals surface area contributed by atoms with E-state index < -0.39 is 0 Å². The summed E-state index contributed by atoms with van der Waals surface area (Å²) in [7, 11) is 0. The van der Waals surface area contributed by atoms with E-state index in [2.05, 4.69) is 31.1 Å². The van der Waals surface area contributed by atoms with Crippen molar-refractivity contribution in [3.8, 4) is 0 Å². The molecule has 0 aliphatic rings. The molecule has 0 spiro atoms. The summed E-state index contributed by atoms with van der Waals surface area (Å²) < 4.78 is 0. The Balaban J connectivity index is 1.72. The number of hydrazine groups is 1. The molecule has 0 aliphatic carbocycles. The molecule has 1 amide bonds. The van der Waals surface area contributed by atoms with E-state index in [4.69, 9.17) is 5.73 Å². The average Bonchev–Trinajstić information content (AvgIpc) is 2.63. The van der Waals surface area contributed by atoms with Gasteiger partial charge in [0.25, 0.3) is 5.91 Å². The number of anilines is 4. The van der Waals surface area contributed by atoms with Crippen LogP contribution in [0.5, 0.6) is 0 Å². The molecule has 0 aliphatic heterocycles. The highest BCUT2D eigenvalue weighted by molar-refractivity contribution is 5.96. The normalized spacial score (nSPS) is 10.1. The van der Waals surface area contributed by atoms with Crippen LogP contribution >= 0.6 is 0 Å². The van der Waals surface area contributed by atoms with E-state index in [1.165, 1.54) is 6.33 Å². The Kier molecular flexibility index (Phi) is 4.70. The van der Waals surface area contributed by atoms with Crippen molar-refractivity contribution in [2.24, 2.45) is 0 Å². The zero-order valence-corrected chi connectivity index (χ0v) is 13.5. The Hall–Kier alpha value is -3.68. The summed E-state index contributed by atoms with van der Waals surface area (Å²) in [5, 5.41) is 3.05. The molecule has 2 heterocycles. The van der Waals surface area contributed by atoms with Crippen LogP contribution in [0, 0.1) is 6.92 Å². The first-order valence-corrected chi connectivity index (χ1v) is 7.54. The van der Waals surface area contributed by atoms with Gasteiger partial charge >= 0.3 is 0 Å². The number of nitrogen functional groups attached to an aromatic ring is 1. The van der Waals surface area contributed by atoms with Gasteiger partial charge in [0.2, 0.25) is 0 Å². The van der Waals surface area contributed by atoms with Gasteiger partial charge in [-0.1, -0.05) is 18.2 Å². The number of hydrogen-bond acceptors (Lipinski definition) is 7. The van der Waals surface area contributed by atoms with Crippen LogP contribution in [0.2, 0.25) is 0 Å². The van der Waals surface area contributed by atoms with Crippen molar-refractivity contribution in [2.75, 3.05) is 16.5 Å². The van der Waals surface area contributed by atoms with Gasteiger partial charge in [-0.3, -0.25) is 20.6 Å². The number of pyridine rings is 1. The van der Waals surface area contributed by atoms with Crippen molar-refractivity contribution in [2.45, 2.75) is 6.92 Å². The second kappa shape index (κ2) is 7.26. The molecule has 5 N–H and O–H groups in total. The van der Waals surface area contributed by atoms with Crippen LogP contribution in [0.4, 0.5) is 23.0 Å². The number of carbonyl (C=O) groups excluding carboxylic acids is 1. The van der Waals surface area contributed by atoms with Crippen LogP contribution in [-0.2, 0) is 0 Å². The van der Waals surface area contributed by atoms with Gasteiger partial charge in [-0.25, -0.2) is 9.97 Å². The first-order chi connectivity index (χ1) is 12.1. The molecular formula is C17H17N7O. The number of aryl methyl sites for hydroxylation is 1. The van der Waals surface area contributed by atoms with E-state index in [1.807, 2.05) is 25.1 Å². The van der Waals surface area contributed by atoms with Gasteiger partial charge in [0, 0.05) is 11.8 Å². The fourth-order valence-electron chi connectivity index (χ4n) is 2.18. The molecule has 0 saturated heterocycles. The smallest absolute Gasteiger partial charge is 0.269 e. The minimum absolute atomic E-state index is 0.274. The number of rotatable bonds is 5. The largest absolute Gasteiger partial charge is 0.393 e. The fourth-order valence-corrected chi connectivity index (χ4v) is 2.18. The Bertz CT molecular complexity index is 883. The molecule has 0 unspecified atom stereocenters. The molecule has 0 atom stereocenters. The van der Waals surface area contributed by atoms with Gasteiger partial charge in [-0.15, -0.1) is 0 Å². The molecule has 8 nitrogen and oxygen atoms in total. The Morgan fingerprint density at radius 1 is 1.08 bits per heavy atom. The lowest BCUT2D eigenvalue weighted by Gasteiger charge is -2.13. The molecule has 3 rings (SSSR count). The van der Waals surface area contributed by atoms with Crippen LogP contribution in [0.1, 0.15) is 15.9 Å². The van der Waals surface area contributed by atoms with Crippen molar-refractivity contribution in [1.29, 1.82) is 0 Å². The van der Waals surface area contributed by atoms with Crippen LogP contribution < -0.4 is 21.9 Å². The summed E-state index contributed by atoms with van der Waals surface area (Å²) in [6, 6.07) is 10.9. The number of amides is 1. The molecule has 0 saturated carbocycles. The summed E-state index contributed by atoms with van der Waals surface area (Å²) >= 11 is 0. The molecule has 0 bridgehead atoms. The van der Waals surface area contributed by atoms with Crippen molar-refractivity contribution in [3.05, 3.63) is 66.2 Å². The first-order valence-electron chi connectivity index (χ1n) is 7.54. The average molecular weight is 335 g/mol. The first kappa shape index (κ1) is 16.2. The van der Waals surface area contributed by atoms with Crippen LogP contribution in [-0.4, -0.2) is 20.9 Å². The maximum atomic E-state index is 12.2. The van der Waals surface area contributed by atoms with E-state index in [9.17, 15) is 4.79 Å². The zero-order valence-electron chi connectivity index (χ0n) is 13.5. The number of nitrogens with one attached hydrogen (secondary N) is 3. The third-order valence-electron chi connectivity index (χ3n) is 3.49. The van der Waals surface area contributed by atoms with E-state index in [0.29, 0.717) is 17.2 Å². The van der Waals surface area contributed by atoms with Crippen molar-refractivity contribution < 1.29 is 4.79 Å². The number of benzene rings is 1. The minimum Gasteiger partial charge on any atom is -0.393 e. The lowest BCUT2D eigenvalue weighted by atomic mass is 10.1. The van der Waals surface area contributed by atoms with E-state index in [1.54, 1.807) is 30.6 Å². The van der Waals surface area contributed by atoms with Gasteiger partial charge in [0.05, 0.1) is 11.9 Å². The summed E-state index contributed by atoms with van der Waals surface area (Å²) in [6.45, 7) is 1.86. The SMILES string of the molecule is Cc1ccccc1C(=O)NNc1ncnc(Nc2cccnc2)c1N. The lowest BCUT2D eigenvalue weighted by molar-refractivity contribution is 0.0962. The number of carbonyl (C=O) groups is 1. The molecule has 2 aromatic heterocycles. The van der Waals surface area contributed by atoms with E-state index in [0.717, 1.165) is 11.3 Å². The maximum Gasteiger partial charge on any atom is 0.269 e. The molecule has 0 radical (unpaired) electrons. The summed E-state index contributed by atoms with van der Waals surface area (Å²) in [5.41, 5.74) is 13.8. The quantitative estimate of drug-likeness (QED) is 0.528. The fraction of sp³-hybridized carbons (Fsp3) is 0.0588. The Morgan fingerprint density at radius 2 is 1.88 bits per heavy atom. The predicted molar refractivity (Wildman–Crippen MR) is 96.2 cm³/mol. The second-order valence-corrected chi connectivity index (χ2v) is 5.25. The molecule has 8 heteroatoms. The second-order valence-electron chi connectivity index (χ2n) is 5.25. The standard InChI is InChI=1S/C17H17N7O/c1-11-5-2-3-7-13(11)17(25)24-23-16-14(18)15(20-10-21-16)22-12-6-4-8-19-9-12/h2-10H,18H2,1H3,(H,24,25)(H2,20,21,22,23). The Labute approximate surface area is 144 Å². The van der Waals surface area contributed by atoms with Crippen LogP contribution in [0.15, 0.2) is 55.1 Å². The third kappa shape index (κ3) is 3.81. The highest BCUT2D eigenvalue weighted by Crippen LogP contribution is 2.24. The van der Waals surface area contributed by atoms with Crippen molar-refractivity contribution in [1.82, 2.24) is 20.4 Å². The maximum absolute atomic E-state index is 12.2. The highest BCUT2D eigenvalue weighted by atomic mass is 16.2. The summed E-state index contributed by atoms with van der Waals surface area (Å²) in [4.78, 5) is 24.4. The van der Waals surface area contributed by atoms with Gasteiger partial charge in [0.15, 0.2) is 11.6 Å². The molecule has 126 valence electrons. The number of aromatic nitrogens is 3. The number of nitrogens with two attached hydrogens (primary N) is 1. The summed E-state index contributed by atoms with van der Waals surface area (Å²) in [6.07, 6.45) is 4.66. The highest BCUT2D eigenvalue weighted by Gasteiger charge is 2.11. The monoisotopic (exact) mass is 335 g/mol. The number of nitrogens with zero attached hydrogens (tertiary/aromatic N) is 3. The van der Waals surface area contributed by atoms with Gasteiger partial charge in [-0.2, -0.15) is 0 Å². The zero-order chi connectivity index (χ0) is 17.6. The molecule has 1 aromatic carbocycles. The minimum atomic E-state index is -0.280. The van der Waals surface area contributed by atoms with E-state index >= 15 is 0 Å². The molecule has 25 heavy (non-hydrogen) atoms. The van der Waals surface area contributed by atoms with Gasteiger partial charge in [0.1, 0.15) is 12.0 Å². The lowest BCUT2D eigenvalue weighted by Crippen LogP contribution is -2.30. The van der Waals surface area contributed by atoms with Crippen molar-refractivity contribution in [3.63, 3.8) is 0 Å².